The zero-order chi connectivity index (χ0) is 17.7. The summed E-state index contributed by atoms with van der Waals surface area (Å²) in [6.45, 7) is 7.51. The summed E-state index contributed by atoms with van der Waals surface area (Å²) < 4.78 is 0. The molecular formula is C18H25N3O3. The maximum absolute atomic E-state index is 12.2. The molecule has 0 radical (unpaired) electrons. The van der Waals surface area contributed by atoms with Gasteiger partial charge in [0.1, 0.15) is 0 Å². The summed E-state index contributed by atoms with van der Waals surface area (Å²) in [6.07, 6.45) is 1.96. The quantitative estimate of drug-likeness (QED) is 0.830. The lowest BCUT2D eigenvalue weighted by molar-refractivity contribution is -0.133. The molecular weight excluding hydrogens is 306 g/mol. The number of aromatic carboxylic acids is 1. The van der Waals surface area contributed by atoms with E-state index in [2.05, 4.69) is 31.3 Å². The van der Waals surface area contributed by atoms with Gasteiger partial charge in [-0.3, -0.25) is 10.2 Å². The standard InChI is InChI=1S/C18H25N3O3/c1-18(2,3)12-16(22)21-10-8-13(9-11-21)19-20-15-7-5-4-6-14(15)17(23)24/h4-7,20H,8-12H2,1-3H3,(H,23,24). The first kappa shape index (κ1) is 18.0. The Kier molecular flexibility index (Phi) is 5.59. The first-order valence-electron chi connectivity index (χ1n) is 8.18. The number of piperidine rings is 1. The monoisotopic (exact) mass is 331 g/mol. The summed E-state index contributed by atoms with van der Waals surface area (Å²) in [7, 11) is 0. The van der Waals surface area contributed by atoms with Crippen LogP contribution in [0, 0.1) is 5.41 Å². The number of likely N-dealkylation sites (tertiary alicyclic amines) is 1. The molecule has 2 rings (SSSR count). The SMILES string of the molecule is CC(C)(C)CC(=O)N1CCC(=NNc2ccccc2C(=O)O)CC1. The second-order valence-corrected chi connectivity index (χ2v) is 7.26. The van der Waals surface area contributed by atoms with E-state index in [0.29, 0.717) is 38.0 Å². The second-order valence-electron chi connectivity index (χ2n) is 7.26. The molecule has 1 heterocycles. The van der Waals surface area contributed by atoms with Gasteiger partial charge in [0, 0.05) is 38.1 Å². The Balaban J connectivity index is 1.92. The molecule has 6 nitrogen and oxygen atoms in total. The van der Waals surface area contributed by atoms with Crippen molar-refractivity contribution in [1.82, 2.24) is 4.90 Å². The molecule has 1 aromatic carbocycles. The van der Waals surface area contributed by atoms with Gasteiger partial charge in [0.05, 0.1) is 11.3 Å². The lowest BCUT2D eigenvalue weighted by Crippen LogP contribution is -2.40. The van der Waals surface area contributed by atoms with Gasteiger partial charge in [-0.15, -0.1) is 0 Å². The van der Waals surface area contributed by atoms with Crippen LogP contribution in [0.2, 0.25) is 0 Å². The Morgan fingerprint density at radius 2 is 1.83 bits per heavy atom. The highest BCUT2D eigenvalue weighted by atomic mass is 16.4. The van der Waals surface area contributed by atoms with Crippen LogP contribution >= 0.6 is 0 Å². The number of nitrogens with one attached hydrogen (secondary N) is 1. The topological polar surface area (TPSA) is 82.0 Å². The van der Waals surface area contributed by atoms with Crippen molar-refractivity contribution in [3.05, 3.63) is 29.8 Å². The van der Waals surface area contributed by atoms with E-state index in [1.165, 1.54) is 0 Å². The van der Waals surface area contributed by atoms with Crippen LogP contribution in [-0.2, 0) is 4.79 Å². The van der Waals surface area contributed by atoms with E-state index in [1.807, 2.05) is 4.90 Å². The number of hydrogen-bond acceptors (Lipinski definition) is 4. The normalized spacial score (nSPS) is 15.1. The van der Waals surface area contributed by atoms with Crippen molar-refractivity contribution in [1.29, 1.82) is 0 Å². The molecule has 0 bridgehead atoms. The molecule has 0 saturated carbocycles. The highest BCUT2D eigenvalue weighted by Gasteiger charge is 2.24. The van der Waals surface area contributed by atoms with E-state index in [9.17, 15) is 9.59 Å². The van der Waals surface area contributed by atoms with Gasteiger partial charge in [-0.25, -0.2) is 4.79 Å². The number of carboxylic acid groups (broad SMARTS) is 1. The fourth-order valence-electron chi connectivity index (χ4n) is 2.60. The fraction of sp³-hybridized carbons (Fsp3) is 0.500. The van der Waals surface area contributed by atoms with Gasteiger partial charge in [-0.2, -0.15) is 5.10 Å². The molecule has 1 aliphatic rings. The summed E-state index contributed by atoms with van der Waals surface area (Å²) >= 11 is 0. The average molecular weight is 331 g/mol. The smallest absolute Gasteiger partial charge is 0.337 e. The molecule has 0 unspecified atom stereocenters. The van der Waals surface area contributed by atoms with Crippen LogP contribution in [0.5, 0.6) is 0 Å². The summed E-state index contributed by atoms with van der Waals surface area (Å²) in [4.78, 5) is 25.3. The Bertz CT molecular complexity index is 637. The molecule has 1 amide bonds. The predicted octanol–water partition coefficient (Wildman–Crippen LogP) is 3.21. The fourth-order valence-corrected chi connectivity index (χ4v) is 2.60. The van der Waals surface area contributed by atoms with Gasteiger partial charge < -0.3 is 10.0 Å². The van der Waals surface area contributed by atoms with E-state index in [1.54, 1.807) is 24.3 Å². The summed E-state index contributed by atoms with van der Waals surface area (Å²) in [5.41, 5.74) is 4.47. The van der Waals surface area contributed by atoms with E-state index in [0.717, 1.165) is 5.71 Å². The van der Waals surface area contributed by atoms with Gasteiger partial charge in [-0.05, 0) is 17.5 Å². The van der Waals surface area contributed by atoms with Crippen molar-refractivity contribution < 1.29 is 14.7 Å². The van der Waals surface area contributed by atoms with Crippen LogP contribution < -0.4 is 5.43 Å². The maximum Gasteiger partial charge on any atom is 0.337 e. The molecule has 0 spiro atoms. The molecule has 130 valence electrons. The first-order chi connectivity index (χ1) is 11.3. The van der Waals surface area contributed by atoms with Crippen LogP contribution in [0.1, 0.15) is 50.4 Å². The largest absolute Gasteiger partial charge is 0.478 e. The number of anilines is 1. The summed E-state index contributed by atoms with van der Waals surface area (Å²) in [6, 6.07) is 6.68. The molecule has 0 atom stereocenters. The van der Waals surface area contributed by atoms with Gasteiger partial charge in [0.2, 0.25) is 5.91 Å². The number of carboxylic acids is 1. The van der Waals surface area contributed by atoms with E-state index in [4.69, 9.17) is 5.11 Å². The number of carbonyl (C=O) groups excluding carboxylic acids is 1. The Hall–Kier alpha value is -2.37. The summed E-state index contributed by atoms with van der Waals surface area (Å²) in [5.74, 6) is -0.799. The molecule has 6 heteroatoms. The molecule has 2 N–H and O–H groups in total. The van der Waals surface area contributed by atoms with Crippen molar-refractivity contribution in [2.75, 3.05) is 18.5 Å². The Morgan fingerprint density at radius 3 is 2.42 bits per heavy atom. The predicted molar refractivity (Wildman–Crippen MR) is 94.3 cm³/mol. The van der Waals surface area contributed by atoms with Crippen molar-refractivity contribution >= 4 is 23.3 Å². The van der Waals surface area contributed by atoms with E-state index in [-0.39, 0.29) is 16.9 Å². The molecule has 1 saturated heterocycles. The third-order valence-corrected chi connectivity index (χ3v) is 3.87. The Morgan fingerprint density at radius 1 is 1.21 bits per heavy atom. The van der Waals surface area contributed by atoms with Crippen LogP contribution in [0.3, 0.4) is 0 Å². The molecule has 0 aliphatic carbocycles. The van der Waals surface area contributed by atoms with Crippen molar-refractivity contribution in [2.45, 2.75) is 40.0 Å². The molecule has 1 aromatic rings. The minimum atomic E-state index is -0.985. The number of hydrogen-bond donors (Lipinski definition) is 2. The number of carbonyl (C=O) groups is 2. The lowest BCUT2D eigenvalue weighted by Gasteiger charge is -2.30. The summed E-state index contributed by atoms with van der Waals surface area (Å²) in [5, 5.41) is 13.5. The highest BCUT2D eigenvalue weighted by molar-refractivity contribution is 5.94. The minimum Gasteiger partial charge on any atom is -0.478 e. The maximum atomic E-state index is 12.2. The second kappa shape index (κ2) is 7.47. The molecule has 24 heavy (non-hydrogen) atoms. The minimum absolute atomic E-state index is 0.00640. The van der Waals surface area contributed by atoms with E-state index < -0.39 is 5.97 Å². The van der Waals surface area contributed by atoms with Crippen LogP contribution in [0.4, 0.5) is 5.69 Å². The Labute approximate surface area is 142 Å². The van der Waals surface area contributed by atoms with Gasteiger partial charge in [0.25, 0.3) is 0 Å². The molecule has 1 fully saturated rings. The third kappa shape index (κ3) is 5.08. The first-order valence-corrected chi connectivity index (χ1v) is 8.18. The number of amides is 1. The number of rotatable bonds is 4. The zero-order valence-electron chi connectivity index (χ0n) is 14.5. The third-order valence-electron chi connectivity index (χ3n) is 3.87. The molecule has 1 aliphatic heterocycles. The van der Waals surface area contributed by atoms with Gasteiger partial charge in [-0.1, -0.05) is 32.9 Å². The van der Waals surface area contributed by atoms with Crippen LogP contribution in [0.15, 0.2) is 29.4 Å². The van der Waals surface area contributed by atoms with E-state index >= 15 is 0 Å². The highest BCUT2D eigenvalue weighted by Crippen LogP contribution is 2.21. The number of hydrazone groups is 1. The van der Waals surface area contributed by atoms with Crippen LogP contribution in [0.25, 0.3) is 0 Å². The molecule has 0 aromatic heterocycles. The number of nitrogens with zero attached hydrogens (tertiary/aromatic N) is 2. The number of para-hydroxylation sites is 1. The van der Waals surface area contributed by atoms with Crippen molar-refractivity contribution in [3.8, 4) is 0 Å². The lowest BCUT2D eigenvalue weighted by atomic mass is 9.91. The van der Waals surface area contributed by atoms with Crippen LogP contribution in [-0.4, -0.2) is 40.7 Å². The average Bonchev–Trinajstić information content (AvgIpc) is 2.52. The van der Waals surface area contributed by atoms with Crippen molar-refractivity contribution in [2.24, 2.45) is 10.5 Å². The zero-order valence-corrected chi connectivity index (χ0v) is 14.5. The van der Waals surface area contributed by atoms with Gasteiger partial charge in [0.15, 0.2) is 0 Å². The van der Waals surface area contributed by atoms with Gasteiger partial charge >= 0.3 is 5.97 Å². The van der Waals surface area contributed by atoms with Crippen molar-refractivity contribution in [3.63, 3.8) is 0 Å². The number of benzene rings is 1.